The number of nitrogens with one attached hydrogen (secondary N) is 2. The van der Waals surface area contributed by atoms with Crippen molar-refractivity contribution in [3.8, 4) is 11.5 Å². The Morgan fingerprint density at radius 2 is 1.42 bits per heavy atom. The van der Waals surface area contributed by atoms with Crippen molar-refractivity contribution in [2.24, 2.45) is 0 Å². The van der Waals surface area contributed by atoms with E-state index >= 15 is 0 Å². The smallest absolute Gasteiger partial charge is 0.163 e. The second-order valence-corrected chi connectivity index (χ2v) is 5.26. The lowest BCUT2D eigenvalue weighted by Crippen LogP contribution is -2.15. The zero-order valence-corrected chi connectivity index (χ0v) is 12.9. The van der Waals surface area contributed by atoms with Gasteiger partial charge in [0.25, 0.3) is 0 Å². The highest BCUT2D eigenvalue weighted by Crippen LogP contribution is 2.33. The lowest BCUT2D eigenvalue weighted by molar-refractivity contribution is 0.171. The minimum atomic E-state index is 0.565. The molecule has 0 bridgehead atoms. The number of nitrogens with zero attached hydrogens (tertiary/aromatic N) is 2. The van der Waals surface area contributed by atoms with Crippen LogP contribution in [0, 0.1) is 0 Å². The van der Waals surface area contributed by atoms with Crippen LogP contribution in [-0.4, -0.2) is 23.2 Å². The van der Waals surface area contributed by atoms with Crippen molar-refractivity contribution in [1.29, 1.82) is 0 Å². The highest BCUT2D eigenvalue weighted by molar-refractivity contribution is 5.65. The third kappa shape index (κ3) is 3.22. The Kier molecular flexibility index (Phi) is 3.85. The second-order valence-electron chi connectivity index (χ2n) is 5.26. The fraction of sp³-hybridized carbons (Fsp3) is 0.111. The van der Waals surface area contributed by atoms with E-state index in [9.17, 15) is 0 Å². The molecule has 2 N–H and O–H groups in total. The normalized spacial score (nSPS) is 12.5. The summed E-state index contributed by atoms with van der Waals surface area (Å²) in [5.41, 5.74) is 1.85. The summed E-state index contributed by atoms with van der Waals surface area (Å²) in [6.07, 6.45) is 1.52. The van der Waals surface area contributed by atoms with E-state index in [0.717, 1.165) is 28.7 Å². The van der Waals surface area contributed by atoms with E-state index in [1.807, 2.05) is 54.6 Å². The van der Waals surface area contributed by atoms with E-state index in [-0.39, 0.29) is 0 Å². The Balaban J connectivity index is 1.51. The summed E-state index contributed by atoms with van der Waals surface area (Å²) in [5.74, 6) is 2.92. The Hall–Kier alpha value is -3.28. The van der Waals surface area contributed by atoms with E-state index in [1.165, 1.54) is 6.33 Å². The van der Waals surface area contributed by atoms with Gasteiger partial charge < -0.3 is 20.1 Å². The van der Waals surface area contributed by atoms with Crippen LogP contribution in [0.5, 0.6) is 11.5 Å². The zero-order valence-electron chi connectivity index (χ0n) is 12.9. The van der Waals surface area contributed by atoms with Gasteiger partial charge in [-0.3, -0.25) is 0 Å². The van der Waals surface area contributed by atoms with Crippen molar-refractivity contribution in [2.75, 3.05) is 23.8 Å². The maximum atomic E-state index is 5.59. The largest absolute Gasteiger partial charge is 0.486 e. The Morgan fingerprint density at radius 1 is 0.708 bits per heavy atom. The number of aromatic nitrogens is 2. The number of fused-ring (bicyclic) bond motifs is 1. The minimum Gasteiger partial charge on any atom is -0.486 e. The molecule has 24 heavy (non-hydrogen) atoms. The molecule has 6 nitrogen and oxygen atoms in total. The van der Waals surface area contributed by atoms with Crippen molar-refractivity contribution in [3.05, 3.63) is 60.9 Å². The summed E-state index contributed by atoms with van der Waals surface area (Å²) in [7, 11) is 0. The number of hydrogen-bond donors (Lipinski definition) is 2. The number of benzene rings is 2. The molecule has 4 rings (SSSR count). The molecule has 0 fully saturated rings. The molecule has 0 amide bonds. The Labute approximate surface area is 139 Å². The van der Waals surface area contributed by atoms with E-state index in [2.05, 4.69) is 20.6 Å². The van der Waals surface area contributed by atoms with E-state index in [0.29, 0.717) is 19.0 Å². The molecule has 3 aromatic rings. The molecule has 0 unspecified atom stereocenters. The van der Waals surface area contributed by atoms with Crippen molar-refractivity contribution < 1.29 is 9.47 Å². The van der Waals surface area contributed by atoms with Gasteiger partial charge in [0, 0.05) is 23.5 Å². The van der Waals surface area contributed by atoms with Crippen LogP contribution in [0.4, 0.5) is 23.0 Å². The lowest BCUT2D eigenvalue weighted by Gasteiger charge is -2.19. The number of ether oxygens (including phenoxy) is 2. The molecule has 1 aliphatic heterocycles. The number of para-hydroxylation sites is 1. The summed E-state index contributed by atoms with van der Waals surface area (Å²) >= 11 is 0. The molecule has 2 aromatic carbocycles. The van der Waals surface area contributed by atoms with Crippen molar-refractivity contribution >= 4 is 23.0 Å². The van der Waals surface area contributed by atoms with Crippen molar-refractivity contribution in [1.82, 2.24) is 9.97 Å². The predicted molar refractivity (Wildman–Crippen MR) is 92.5 cm³/mol. The summed E-state index contributed by atoms with van der Waals surface area (Å²) in [6.45, 7) is 1.15. The van der Waals surface area contributed by atoms with Crippen molar-refractivity contribution in [3.63, 3.8) is 0 Å². The molecular formula is C18H16N4O2. The summed E-state index contributed by atoms with van der Waals surface area (Å²) < 4.78 is 11.1. The van der Waals surface area contributed by atoms with Crippen LogP contribution in [0.25, 0.3) is 0 Å². The van der Waals surface area contributed by atoms with E-state index in [4.69, 9.17) is 9.47 Å². The van der Waals surface area contributed by atoms with Crippen LogP contribution >= 0.6 is 0 Å². The first-order valence-electron chi connectivity index (χ1n) is 7.68. The number of rotatable bonds is 4. The average Bonchev–Trinajstić information content (AvgIpc) is 2.63. The Bertz CT molecular complexity index is 839. The van der Waals surface area contributed by atoms with Gasteiger partial charge in [0.1, 0.15) is 31.2 Å². The third-order valence-corrected chi connectivity index (χ3v) is 3.53. The van der Waals surface area contributed by atoms with Crippen LogP contribution in [0.3, 0.4) is 0 Å². The molecule has 0 saturated carbocycles. The van der Waals surface area contributed by atoms with E-state index < -0.39 is 0 Å². The maximum absolute atomic E-state index is 5.59. The van der Waals surface area contributed by atoms with Crippen LogP contribution in [0.15, 0.2) is 60.9 Å². The molecule has 0 spiro atoms. The van der Waals surface area contributed by atoms with Gasteiger partial charge in [-0.05, 0) is 24.3 Å². The minimum absolute atomic E-state index is 0.565. The summed E-state index contributed by atoms with van der Waals surface area (Å²) in [5, 5.41) is 6.50. The predicted octanol–water partition coefficient (Wildman–Crippen LogP) is 3.74. The first-order chi connectivity index (χ1) is 11.9. The van der Waals surface area contributed by atoms with Gasteiger partial charge in [-0.25, -0.2) is 9.97 Å². The van der Waals surface area contributed by atoms with Gasteiger partial charge in [0.05, 0.1) is 0 Å². The molecule has 0 aliphatic carbocycles. The highest BCUT2D eigenvalue weighted by atomic mass is 16.6. The van der Waals surface area contributed by atoms with Gasteiger partial charge in [-0.1, -0.05) is 18.2 Å². The molecule has 120 valence electrons. The van der Waals surface area contributed by atoms with Crippen molar-refractivity contribution in [2.45, 2.75) is 0 Å². The molecule has 0 radical (unpaired) electrons. The Morgan fingerprint density at radius 3 is 2.21 bits per heavy atom. The first kappa shape index (κ1) is 14.3. The molecule has 0 saturated heterocycles. The SMILES string of the molecule is c1ccc(Nc2cc(Nc3ccc4c(c3)OCCO4)ncn2)cc1. The lowest BCUT2D eigenvalue weighted by atomic mass is 10.2. The highest BCUT2D eigenvalue weighted by Gasteiger charge is 2.12. The fourth-order valence-corrected chi connectivity index (χ4v) is 2.43. The van der Waals surface area contributed by atoms with Gasteiger partial charge in [-0.15, -0.1) is 0 Å². The zero-order chi connectivity index (χ0) is 16.2. The van der Waals surface area contributed by atoms with Gasteiger partial charge in [0.2, 0.25) is 0 Å². The number of hydrogen-bond acceptors (Lipinski definition) is 6. The molecule has 1 aliphatic rings. The average molecular weight is 320 g/mol. The quantitative estimate of drug-likeness (QED) is 0.763. The topological polar surface area (TPSA) is 68.3 Å². The monoisotopic (exact) mass is 320 g/mol. The summed E-state index contributed by atoms with van der Waals surface area (Å²) in [6, 6.07) is 17.5. The number of anilines is 4. The van der Waals surface area contributed by atoms with Gasteiger partial charge in [-0.2, -0.15) is 0 Å². The van der Waals surface area contributed by atoms with Crippen LogP contribution in [-0.2, 0) is 0 Å². The molecule has 0 atom stereocenters. The molecule has 1 aromatic heterocycles. The molecule has 6 heteroatoms. The van der Waals surface area contributed by atoms with Crippen LogP contribution in [0.2, 0.25) is 0 Å². The molecule has 2 heterocycles. The van der Waals surface area contributed by atoms with Crippen LogP contribution < -0.4 is 20.1 Å². The maximum Gasteiger partial charge on any atom is 0.163 e. The first-order valence-corrected chi connectivity index (χ1v) is 7.68. The standard InChI is InChI=1S/C18H16N4O2/c1-2-4-13(5-3-1)21-17-11-18(20-12-19-17)22-14-6-7-15-16(10-14)24-9-8-23-15/h1-7,10-12H,8-9H2,(H2,19,20,21,22). The second kappa shape index (κ2) is 6.45. The van der Waals surface area contributed by atoms with Crippen LogP contribution in [0.1, 0.15) is 0 Å². The van der Waals surface area contributed by atoms with E-state index in [1.54, 1.807) is 0 Å². The third-order valence-electron chi connectivity index (χ3n) is 3.53. The fourth-order valence-electron chi connectivity index (χ4n) is 2.43. The molecular weight excluding hydrogens is 304 g/mol. The van der Waals surface area contributed by atoms with Gasteiger partial charge in [0.15, 0.2) is 11.5 Å². The van der Waals surface area contributed by atoms with Gasteiger partial charge >= 0.3 is 0 Å². The summed E-state index contributed by atoms with van der Waals surface area (Å²) in [4.78, 5) is 8.49.